The summed E-state index contributed by atoms with van der Waals surface area (Å²) >= 11 is 6.57. The topological polar surface area (TPSA) is 257 Å². The number of carbonyl (C=O) groups excluding carboxylic acids is 3. The van der Waals surface area contributed by atoms with Gasteiger partial charge in [-0.05, 0) is 30.3 Å². The number of piperidine rings is 1. The minimum Gasteiger partial charge on any atom is -0.477 e. The van der Waals surface area contributed by atoms with Crippen LogP contribution in [-0.2, 0) is 22.2 Å². The quantitative estimate of drug-likeness (QED) is 0.0629. The Morgan fingerprint density at radius 3 is 2.24 bits per heavy atom. The predicted molar refractivity (Wildman–Crippen MR) is 240 cm³/mol. The Morgan fingerprint density at radius 1 is 0.939 bits per heavy atom. The summed E-state index contributed by atoms with van der Waals surface area (Å²) in [6, 6.07) is 7.69. The summed E-state index contributed by atoms with van der Waals surface area (Å²) in [5, 5.41) is 24.9. The number of likely N-dealkylation sites (tertiary alicyclic amines) is 1. The van der Waals surface area contributed by atoms with Crippen LogP contribution in [0.15, 0.2) is 42.7 Å². The van der Waals surface area contributed by atoms with Gasteiger partial charge in [0.25, 0.3) is 11.8 Å². The van der Waals surface area contributed by atoms with Gasteiger partial charge in [0, 0.05) is 133 Å². The lowest BCUT2D eigenvalue weighted by Gasteiger charge is -2.46. The number of amides is 3. The number of piperazine rings is 1. The second kappa shape index (κ2) is 21.3. The summed E-state index contributed by atoms with van der Waals surface area (Å²) in [5.41, 5.74) is 11.6. The molecule has 0 saturated carbocycles. The van der Waals surface area contributed by atoms with Crippen LogP contribution in [0.4, 0.5) is 24.5 Å². The van der Waals surface area contributed by atoms with E-state index < -0.39 is 23.7 Å². The zero-order chi connectivity index (χ0) is 47.0. The van der Waals surface area contributed by atoms with Crippen LogP contribution < -0.4 is 27.4 Å². The summed E-state index contributed by atoms with van der Waals surface area (Å²) in [6.07, 6.45) is -1.04. The number of imidazole rings is 1. The molecule has 3 fully saturated rings. The fraction of sp³-hybridized carbons (Fsp3) is 0.512. The Balaban J connectivity index is 0.916. The number of halogens is 4. The van der Waals surface area contributed by atoms with Gasteiger partial charge < -0.3 is 51.8 Å². The first kappa shape index (κ1) is 48.3. The Kier molecular flexibility index (Phi) is 15.6. The van der Waals surface area contributed by atoms with Crippen molar-refractivity contribution in [3.05, 3.63) is 76.1 Å². The van der Waals surface area contributed by atoms with E-state index in [9.17, 15) is 37.5 Å². The number of nitrogens with two attached hydrogens (primary N) is 2. The van der Waals surface area contributed by atoms with Crippen molar-refractivity contribution in [2.75, 3.05) is 115 Å². The number of rotatable bonds is 19. The average molecular weight is 942 g/mol. The van der Waals surface area contributed by atoms with Gasteiger partial charge in [0.2, 0.25) is 5.91 Å². The zero-order valence-electron chi connectivity index (χ0n) is 36.5. The fourth-order valence-corrected chi connectivity index (χ4v) is 9.29. The Morgan fingerprint density at radius 2 is 1.64 bits per heavy atom. The lowest BCUT2D eigenvalue weighted by molar-refractivity contribution is -0.929. The molecule has 0 atom stereocenters. The van der Waals surface area contributed by atoms with Gasteiger partial charge >= 0.3 is 12.1 Å². The third-order valence-electron chi connectivity index (χ3n) is 12.6. The van der Waals surface area contributed by atoms with Crippen molar-refractivity contribution in [1.29, 1.82) is 0 Å². The van der Waals surface area contributed by atoms with E-state index in [0.29, 0.717) is 107 Å². The molecule has 66 heavy (non-hydrogen) atoms. The number of H-pyrrole nitrogens is 2. The largest absolute Gasteiger partial charge is 0.477 e. The van der Waals surface area contributed by atoms with Crippen LogP contribution >= 0.6 is 11.6 Å². The van der Waals surface area contributed by atoms with E-state index in [1.807, 2.05) is 0 Å². The van der Waals surface area contributed by atoms with Crippen molar-refractivity contribution in [2.24, 2.45) is 23.3 Å². The van der Waals surface area contributed by atoms with E-state index >= 15 is 0 Å². The summed E-state index contributed by atoms with van der Waals surface area (Å²) in [4.78, 5) is 68.9. The van der Waals surface area contributed by atoms with E-state index in [1.165, 1.54) is 30.6 Å². The number of benzene rings is 1. The number of pyridine rings is 1. The second-order valence-electron chi connectivity index (χ2n) is 17.2. The first-order valence-corrected chi connectivity index (χ1v) is 22.5. The van der Waals surface area contributed by atoms with Gasteiger partial charge in [-0.3, -0.25) is 29.4 Å². The van der Waals surface area contributed by atoms with Crippen LogP contribution in [-0.4, -0.2) is 178 Å². The van der Waals surface area contributed by atoms with Crippen molar-refractivity contribution in [3.8, 4) is 11.4 Å². The van der Waals surface area contributed by atoms with Crippen LogP contribution in [0.3, 0.4) is 0 Å². The van der Waals surface area contributed by atoms with E-state index in [4.69, 9.17) is 23.1 Å². The number of carboxylic acids is 1. The van der Waals surface area contributed by atoms with Gasteiger partial charge in [0.05, 0.1) is 47.8 Å². The van der Waals surface area contributed by atoms with E-state index in [0.717, 1.165) is 19.6 Å². The number of carbonyl (C=O) groups is 4. The molecule has 0 radical (unpaired) electrons. The number of hydrogen-bond donors (Lipinski definition) is 8. The van der Waals surface area contributed by atoms with Crippen LogP contribution in [0.2, 0.25) is 5.02 Å². The molecule has 3 amide bonds. The third-order valence-corrected chi connectivity index (χ3v) is 12.9. The van der Waals surface area contributed by atoms with Gasteiger partial charge in [-0.15, -0.1) is 0 Å². The maximum atomic E-state index is 14.2. The Labute approximate surface area is 384 Å². The molecule has 19 nitrogen and oxygen atoms in total. The normalized spacial score (nSPS) is 19.2. The third kappa shape index (κ3) is 11.8. The van der Waals surface area contributed by atoms with Gasteiger partial charge in [-0.25, -0.2) is 9.78 Å². The molecule has 23 heteroatoms. The predicted octanol–water partition coefficient (Wildman–Crippen LogP) is 2.16. The summed E-state index contributed by atoms with van der Waals surface area (Å²) in [7, 11) is 0. The Hall–Kier alpha value is -5.65. The number of hydrogen-bond acceptors (Lipinski definition) is 12. The summed E-state index contributed by atoms with van der Waals surface area (Å²) in [6.45, 7) is 8.92. The number of aliphatic carboxylic acids is 1. The van der Waals surface area contributed by atoms with Crippen LogP contribution in [0.25, 0.3) is 11.4 Å². The number of nitrogens with zero attached hydrogens (tertiary/aromatic N) is 7. The molecule has 0 spiro atoms. The minimum absolute atomic E-state index is 0.00974. The summed E-state index contributed by atoms with van der Waals surface area (Å²) in [5.74, 6) is -1.72. The van der Waals surface area contributed by atoms with Crippen molar-refractivity contribution >= 4 is 46.7 Å². The zero-order valence-corrected chi connectivity index (χ0v) is 37.3. The molecule has 0 bridgehead atoms. The molecule has 3 saturated heterocycles. The highest BCUT2D eigenvalue weighted by Gasteiger charge is 2.42. The van der Waals surface area contributed by atoms with Gasteiger partial charge in [0.15, 0.2) is 12.4 Å². The minimum atomic E-state index is -4.76. The molecule has 3 aliphatic heterocycles. The summed E-state index contributed by atoms with van der Waals surface area (Å²) < 4.78 is 43.0. The van der Waals surface area contributed by atoms with Crippen LogP contribution in [0.5, 0.6) is 0 Å². The van der Waals surface area contributed by atoms with Crippen LogP contribution in [0.1, 0.15) is 50.8 Å². The Bertz CT molecular complexity index is 2320. The number of carboxylic acid groups (broad SMARTS) is 1. The fourth-order valence-electron chi connectivity index (χ4n) is 9.03. The van der Waals surface area contributed by atoms with Crippen molar-refractivity contribution in [1.82, 2.24) is 45.2 Å². The number of nitrogens with one attached hydrogen (secondary N) is 5. The first-order valence-electron chi connectivity index (χ1n) is 22.1. The molecule has 6 heterocycles. The standard InChI is InChI=1S/C43H56ClF3N14O5/c44-34-20-29(1-3-32(34)42(66)60-15-13-59(14-16-60)41(65)28-5-17-61(18-6-28,26-36(62)63)25-27-21-50-22-27)55-40(64)39-53-24-31(54-39)19-33-37(56-57-38(33)43(45,46)47)35-4-2-30(23-52-35)51-9-12-58(10-7-48)11-8-49/h1-4,20,23-24,27-28,50H,5-19,21-22,25-26,48-49H2,(H4-,51,52,53,54,55,56,57,62,63,64,66)/p+1. The number of anilines is 2. The highest BCUT2D eigenvalue weighted by atomic mass is 35.5. The van der Waals surface area contributed by atoms with Crippen LogP contribution in [0, 0.1) is 11.8 Å². The SMILES string of the molecule is NCCN(CCN)CCNc1ccc(-c2n[nH]c(C(F)(F)F)c2Cc2cnc(C(=O)Nc3ccc(C(=O)N4CCN(C(=O)C5CC[N+](CC(=O)O)(CC6CNC6)CC5)CC4)c(Cl)c3)[nH]2)nc1. The van der Waals surface area contributed by atoms with Gasteiger partial charge in [0.1, 0.15) is 11.4 Å². The number of aromatic nitrogens is 5. The molecule has 7 rings (SSSR count). The highest BCUT2D eigenvalue weighted by Crippen LogP contribution is 2.36. The average Bonchev–Trinajstić information content (AvgIpc) is 3.93. The molecule has 3 aromatic heterocycles. The number of quaternary nitrogens is 1. The lowest BCUT2D eigenvalue weighted by atomic mass is 9.90. The monoisotopic (exact) mass is 941 g/mol. The molecule has 3 aliphatic rings. The maximum Gasteiger partial charge on any atom is 0.433 e. The molecule has 0 aliphatic carbocycles. The second-order valence-corrected chi connectivity index (χ2v) is 17.6. The molecule has 4 aromatic rings. The number of alkyl halides is 3. The van der Waals surface area contributed by atoms with Crippen molar-refractivity contribution in [3.63, 3.8) is 0 Å². The smallest absolute Gasteiger partial charge is 0.433 e. The van der Waals surface area contributed by atoms with Crippen molar-refractivity contribution < 1.29 is 41.9 Å². The van der Waals surface area contributed by atoms with Gasteiger partial charge in [-0.2, -0.15) is 18.3 Å². The first-order chi connectivity index (χ1) is 31.6. The molecular formula is C43H57ClF3N14O5+. The van der Waals surface area contributed by atoms with E-state index in [1.54, 1.807) is 21.9 Å². The molecule has 1 aromatic carbocycles. The molecular weight excluding hydrogens is 885 g/mol. The lowest BCUT2D eigenvalue weighted by Crippen LogP contribution is -2.62. The van der Waals surface area contributed by atoms with Crippen molar-refractivity contribution in [2.45, 2.75) is 25.4 Å². The van der Waals surface area contributed by atoms with E-state index in [2.05, 4.69) is 46.0 Å². The van der Waals surface area contributed by atoms with E-state index in [-0.39, 0.29) is 75.4 Å². The maximum absolute atomic E-state index is 14.2. The number of aromatic amines is 2. The molecule has 10 N–H and O–H groups in total. The van der Waals surface area contributed by atoms with Gasteiger partial charge in [-0.1, -0.05) is 11.6 Å². The molecule has 0 unspecified atom stereocenters. The molecule has 356 valence electrons. The highest BCUT2D eigenvalue weighted by molar-refractivity contribution is 6.34.